The SMILES string of the molecule is Cc1sc(C(=O)O)cc1CNCCN1CCSCC1. The molecule has 1 aromatic heterocycles. The number of thiophene rings is 1. The van der Waals surface area contributed by atoms with Gasteiger partial charge in [0.05, 0.1) is 0 Å². The molecule has 1 saturated heterocycles. The maximum absolute atomic E-state index is 10.9. The van der Waals surface area contributed by atoms with Gasteiger partial charge in [-0.2, -0.15) is 11.8 Å². The summed E-state index contributed by atoms with van der Waals surface area (Å²) in [5.74, 6) is 1.65. The number of nitrogens with one attached hydrogen (secondary N) is 1. The van der Waals surface area contributed by atoms with Crippen LogP contribution in [0.4, 0.5) is 0 Å². The van der Waals surface area contributed by atoms with E-state index in [1.54, 1.807) is 6.07 Å². The van der Waals surface area contributed by atoms with Crippen molar-refractivity contribution < 1.29 is 9.90 Å². The Balaban J connectivity index is 1.71. The zero-order chi connectivity index (χ0) is 13.7. The standard InChI is InChI=1S/C13H20N2O2S2/c1-10-11(8-12(19-10)13(16)17)9-14-2-3-15-4-6-18-7-5-15/h8,14H,2-7,9H2,1H3,(H,16,17). The first-order valence-electron chi connectivity index (χ1n) is 6.50. The summed E-state index contributed by atoms with van der Waals surface area (Å²) in [5.41, 5.74) is 1.11. The maximum Gasteiger partial charge on any atom is 0.345 e. The number of carboxylic acids is 1. The minimum atomic E-state index is -0.829. The van der Waals surface area contributed by atoms with Crippen molar-refractivity contribution in [3.05, 3.63) is 21.4 Å². The molecule has 1 fully saturated rings. The molecular formula is C13H20N2O2S2. The van der Waals surface area contributed by atoms with Crippen molar-refractivity contribution in [3.63, 3.8) is 0 Å². The number of hydrogen-bond donors (Lipinski definition) is 2. The molecule has 2 N–H and O–H groups in total. The topological polar surface area (TPSA) is 52.6 Å². The maximum atomic E-state index is 10.9. The monoisotopic (exact) mass is 300 g/mol. The van der Waals surface area contributed by atoms with Crippen molar-refractivity contribution in [3.8, 4) is 0 Å². The molecule has 6 heteroatoms. The zero-order valence-corrected chi connectivity index (χ0v) is 12.8. The van der Waals surface area contributed by atoms with E-state index in [2.05, 4.69) is 10.2 Å². The van der Waals surface area contributed by atoms with Crippen molar-refractivity contribution in [1.82, 2.24) is 10.2 Å². The quantitative estimate of drug-likeness (QED) is 0.786. The number of carbonyl (C=O) groups is 1. The third-order valence-corrected chi connectivity index (χ3v) is 5.28. The Hall–Kier alpha value is -0.560. The Morgan fingerprint density at radius 1 is 1.47 bits per heavy atom. The van der Waals surface area contributed by atoms with Crippen LogP contribution in [0.15, 0.2) is 6.07 Å². The van der Waals surface area contributed by atoms with Gasteiger partial charge in [0.25, 0.3) is 0 Å². The number of aromatic carboxylic acids is 1. The van der Waals surface area contributed by atoms with Crippen LogP contribution < -0.4 is 5.32 Å². The second-order valence-corrected chi connectivity index (χ2v) is 7.11. The highest BCUT2D eigenvalue weighted by Crippen LogP contribution is 2.21. The molecule has 19 heavy (non-hydrogen) atoms. The summed E-state index contributed by atoms with van der Waals surface area (Å²) in [7, 11) is 0. The number of aryl methyl sites for hydroxylation is 1. The van der Waals surface area contributed by atoms with Gasteiger partial charge in [-0.3, -0.25) is 0 Å². The van der Waals surface area contributed by atoms with E-state index in [1.165, 1.54) is 35.9 Å². The molecular weight excluding hydrogens is 280 g/mol. The summed E-state index contributed by atoms with van der Waals surface area (Å²) in [6.07, 6.45) is 0. The summed E-state index contributed by atoms with van der Waals surface area (Å²) >= 11 is 3.38. The second kappa shape index (κ2) is 7.28. The molecule has 1 aromatic rings. The van der Waals surface area contributed by atoms with E-state index in [0.717, 1.165) is 30.1 Å². The molecule has 0 saturated carbocycles. The van der Waals surface area contributed by atoms with E-state index >= 15 is 0 Å². The Labute approximate surface area is 122 Å². The van der Waals surface area contributed by atoms with E-state index in [0.29, 0.717) is 4.88 Å². The summed E-state index contributed by atoms with van der Waals surface area (Å²) < 4.78 is 0. The minimum absolute atomic E-state index is 0.433. The fourth-order valence-corrected chi connectivity index (χ4v) is 3.94. The van der Waals surface area contributed by atoms with Crippen molar-refractivity contribution in [2.24, 2.45) is 0 Å². The predicted octanol–water partition coefficient (Wildman–Crippen LogP) is 1.89. The Kier molecular flexibility index (Phi) is 5.69. The third kappa shape index (κ3) is 4.49. The van der Waals surface area contributed by atoms with Crippen molar-refractivity contribution in [2.45, 2.75) is 13.5 Å². The van der Waals surface area contributed by atoms with Gasteiger partial charge in [-0.1, -0.05) is 0 Å². The summed E-state index contributed by atoms with van der Waals surface area (Å²) in [5, 5.41) is 12.4. The molecule has 0 radical (unpaired) electrons. The molecule has 2 rings (SSSR count). The van der Waals surface area contributed by atoms with Gasteiger partial charge < -0.3 is 15.3 Å². The second-order valence-electron chi connectivity index (χ2n) is 4.63. The first kappa shape index (κ1) is 14.8. The highest BCUT2D eigenvalue weighted by molar-refractivity contribution is 7.99. The van der Waals surface area contributed by atoms with Crippen LogP contribution in [0, 0.1) is 6.92 Å². The van der Waals surface area contributed by atoms with Crippen LogP contribution in [0.1, 0.15) is 20.1 Å². The Bertz CT molecular complexity index is 428. The lowest BCUT2D eigenvalue weighted by molar-refractivity contribution is 0.0702. The normalized spacial score (nSPS) is 16.7. The number of carboxylic acid groups (broad SMARTS) is 1. The predicted molar refractivity (Wildman–Crippen MR) is 81.5 cm³/mol. The molecule has 4 nitrogen and oxygen atoms in total. The van der Waals surface area contributed by atoms with E-state index in [9.17, 15) is 4.79 Å². The average molecular weight is 300 g/mol. The lowest BCUT2D eigenvalue weighted by Crippen LogP contribution is -2.37. The van der Waals surface area contributed by atoms with Crippen LogP contribution in [0.3, 0.4) is 0 Å². The van der Waals surface area contributed by atoms with Gasteiger partial charge in [-0.15, -0.1) is 11.3 Å². The molecule has 1 aliphatic heterocycles. The molecule has 0 spiro atoms. The van der Waals surface area contributed by atoms with Crippen molar-refractivity contribution in [2.75, 3.05) is 37.7 Å². The molecule has 106 valence electrons. The fourth-order valence-electron chi connectivity index (χ4n) is 2.09. The van der Waals surface area contributed by atoms with Gasteiger partial charge in [0, 0.05) is 49.1 Å². The van der Waals surface area contributed by atoms with E-state index in [4.69, 9.17) is 5.11 Å². The van der Waals surface area contributed by atoms with E-state index < -0.39 is 5.97 Å². The van der Waals surface area contributed by atoms with Crippen molar-refractivity contribution >= 4 is 29.1 Å². The van der Waals surface area contributed by atoms with Gasteiger partial charge in [-0.25, -0.2) is 4.79 Å². The van der Waals surface area contributed by atoms with Gasteiger partial charge in [-0.05, 0) is 18.6 Å². The molecule has 0 aliphatic carbocycles. The summed E-state index contributed by atoms with van der Waals surface area (Å²) in [4.78, 5) is 14.9. The molecule has 0 aromatic carbocycles. The van der Waals surface area contributed by atoms with Gasteiger partial charge in [0.1, 0.15) is 4.88 Å². The zero-order valence-electron chi connectivity index (χ0n) is 11.1. The van der Waals surface area contributed by atoms with Crippen LogP contribution in [0.2, 0.25) is 0 Å². The fraction of sp³-hybridized carbons (Fsp3) is 0.615. The van der Waals surface area contributed by atoms with Crippen molar-refractivity contribution in [1.29, 1.82) is 0 Å². The molecule has 0 unspecified atom stereocenters. The van der Waals surface area contributed by atoms with Crippen LogP contribution in [0.25, 0.3) is 0 Å². The van der Waals surface area contributed by atoms with E-state index in [1.807, 2.05) is 18.7 Å². The van der Waals surface area contributed by atoms with Gasteiger partial charge >= 0.3 is 5.97 Å². The van der Waals surface area contributed by atoms with Gasteiger partial charge in [0.15, 0.2) is 0 Å². The largest absolute Gasteiger partial charge is 0.477 e. The van der Waals surface area contributed by atoms with E-state index in [-0.39, 0.29) is 0 Å². The van der Waals surface area contributed by atoms with Crippen LogP contribution in [0.5, 0.6) is 0 Å². The molecule has 1 aliphatic rings. The lowest BCUT2D eigenvalue weighted by Gasteiger charge is -2.26. The number of rotatable bonds is 6. The highest BCUT2D eigenvalue weighted by Gasteiger charge is 2.11. The average Bonchev–Trinajstić information content (AvgIpc) is 2.78. The molecule has 0 atom stereocenters. The lowest BCUT2D eigenvalue weighted by atomic mass is 10.2. The minimum Gasteiger partial charge on any atom is -0.477 e. The molecule has 2 heterocycles. The number of thioether (sulfide) groups is 1. The Morgan fingerprint density at radius 2 is 2.21 bits per heavy atom. The van der Waals surface area contributed by atoms with Crippen LogP contribution in [-0.4, -0.2) is 53.7 Å². The van der Waals surface area contributed by atoms with Gasteiger partial charge in [0.2, 0.25) is 0 Å². The number of nitrogens with zero attached hydrogens (tertiary/aromatic N) is 1. The smallest absolute Gasteiger partial charge is 0.345 e. The highest BCUT2D eigenvalue weighted by atomic mass is 32.2. The first-order valence-corrected chi connectivity index (χ1v) is 8.47. The summed E-state index contributed by atoms with van der Waals surface area (Å²) in [6, 6.07) is 1.78. The third-order valence-electron chi connectivity index (χ3n) is 3.26. The van der Waals surface area contributed by atoms with Crippen LogP contribution in [-0.2, 0) is 6.54 Å². The Morgan fingerprint density at radius 3 is 2.84 bits per heavy atom. The molecule has 0 bridgehead atoms. The first-order chi connectivity index (χ1) is 9.16. The summed E-state index contributed by atoms with van der Waals surface area (Å²) in [6.45, 7) is 7.16. The van der Waals surface area contributed by atoms with Crippen LogP contribution >= 0.6 is 23.1 Å². The number of hydrogen-bond acceptors (Lipinski definition) is 5. The molecule has 0 amide bonds.